The summed E-state index contributed by atoms with van der Waals surface area (Å²) in [6.07, 6.45) is 2.21. The number of unbranched alkanes of at least 4 members (excludes halogenated alkanes) is 1. The Kier molecular flexibility index (Phi) is 7.14. The molecular formula is C15H27N3O2S. The van der Waals surface area contributed by atoms with Crippen LogP contribution >= 0.6 is 0 Å². The van der Waals surface area contributed by atoms with Crippen molar-refractivity contribution in [2.75, 3.05) is 24.5 Å². The molecule has 1 rings (SSSR count). The molecule has 0 atom stereocenters. The SMILES string of the molecule is CCCCN(CCN)c1ccc(S(=O)(=O)NC(C)C)cc1. The molecule has 0 radical (unpaired) electrons. The van der Waals surface area contributed by atoms with Gasteiger partial charge in [0, 0.05) is 31.4 Å². The molecule has 120 valence electrons. The first-order valence-electron chi connectivity index (χ1n) is 7.48. The summed E-state index contributed by atoms with van der Waals surface area (Å²) in [5.74, 6) is 0. The van der Waals surface area contributed by atoms with Crippen molar-refractivity contribution in [3.63, 3.8) is 0 Å². The van der Waals surface area contributed by atoms with Crippen LogP contribution in [0.5, 0.6) is 0 Å². The third-order valence-electron chi connectivity index (χ3n) is 3.08. The third kappa shape index (κ3) is 5.65. The highest BCUT2D eigenvalue weighted by molar-refractivity contribution is 7.89. The van der Waals surface area contributed by atoms with Gasteiger partial charge in [-0.25, -0.2) is 13.1 Å². The van der Waals surface area contributed by atoms with Crippen molar-refractivity contribution < 1.29 is 8.42 Å². The summed E-state index contributed by atoms with van der Waals surface area (Å²) >= 11 is 0. The minimum Gasteiger partial charge on any atom is -0.370 e. The summed E-state index contributed by atoms with van der Waals surface area (Å²) in [4.78, 5) is 2.48. The fraction of sp³-hybridized carbons (Fsp3) is 0.600. The van der Waals surface area contributed by atoms with E-state index < -0.39 is 10.0 Å². The third-order valence-corrected chi connectivity index (χ3v) is 4.76. The standard InChI is InChI=1S/C15H27N3O2S/c1-4-5-11-18(12-10-16)14-6-8-15(9-7-14)21(19,20)17-13(2)3/h6-9,13,17H,4-5,10-12,16H2,1-3H3. The number of benzene rings is 1. The van der Waals surface area contributed by atoms with E-state index in [2.05, 4.69) is 16.5 Å². The van der Waals surface area contributed by atoms with Crippen LogP contribution in [0, 0.1) is 0 Å². The molecule has 6 heteroatoms. The van der Waals surface area contributed by atoms with E-state index in [9.17, 15) is 8.42 Å². The number of hydrogen-bond donors (Lipinski definition) is 2. The molecule has 3 N–H and O–H groups in total. The van der Waals surface area contributed by atoms with Gasteiger partial charge in [0.15, 0.2) is 0 Å². The molecule has 0 spiro atoms. The van der Waals surface area contributed by atoms with Crippen LogP contribution < -0.4 is 15.4 Å². The zero-order valence-electron chi connectivity index (χ0n) is 13.2. The smallest absolute Gasteiger partial charge is 0.240 e. The van der Waals surface area contributed by atoms with Gasteiger partial charge in [-0.3, -0.25) is 0 Å². The van der Waals surface area contributed by atoms with Crippen molar-refractivity contribution in [3.8, 4) is 0 Å². The van der Waals surface area contributed by atoms with E-state index in [1.807, 2.05) is 12.1 Å². The summed E-state index contributed by atoms with van der Waals surface area (Å²) in [6.45, 7) is 8.05. The number of nitrogens with one attached hydrogen (secondary N) is 1. The average Bonchev–Trinajstić information content (AvgIpc) is 2.42. The fourth-order valence-electron chi connectivity index (χ4n) is 2.09. The molecule has 0 amide bonds. The molecule has 0 heterocycles. The van der Waals surface area contributed by atoms with Crippen LogP contribution in [-0.4, -0.2) is 34.1 Å². The summed E-state index contributed by atoms with van der Waals surface area (Å²) < 4.78 is 26.7. The van der Waals surface area contributed by atoms with E-state index in [0.717, 1.165) is 31.6 Å². The van der Waals surface area contributed by atoms with E-state index in [1.54, 1.807) is 26.0 Å². The van der Waals surface area contributed by atoms with E-state index in [-0.39, 0.29) is 6.04 Å². The Bertz CT molecular complexity index is 512. The lowest BCUT2D eigenvalue weighted by Gasteiger charge is -2.24. The van der Waals surface area contributed by atoms with Crippen molar-refractivity contribution >= 4 is 15.7 Å². The molecule has 0 aromatic heterocycles. The van der Waals surface area contributed by atoms with Gasteiger partial charge in [-0.05, 0) is 44.5 Å². The lowest BCUT2D eigenvalue weighted by molar-refractivity contribution is 0.570. The highest BCUT2D eigenvalue weighted by atomic mass is 32.2. The second-order valence-electron chi connectivity index (χ2n) is 5.40. The maximum Gasteiger partial charge on any atom is 0.240 e. The predicted molar refractivity (Wildman–Crippen MR) is 88.1 cm³/mol. The molecule has 5 nitrogen and oxygen atoms in total. The lowest BCUT2D eigenvalue weighted by Crippen LogP contribution is -2.31. The number of sulfonamides is 1. The van der Waals surface area contributed by atoms with Gasteiger partial charge >= 0.3 is 0 Å². The fourth-order valence-corrected chi connectivity index (χ4v) is 3.34. The zero-order valence-corrected chi connectivity index (χ0v) is 14.0. The minimum absolute atomic E-state index is 0.118. The van der Waals surface area contributed by atoms with Crippen LogP contribution in [0.3, 0.4) is 0 Å². The molecule has 0 bridgehead atoms. The van der Waals surface area contributed by atoms with Crippen molar-refractivity contribution in [1.29, 1.82) is 0 Å². The van der Waals surface area contributed by atoms with Gasteiger partial charge in [0.25, 0.3) is 0 Å². The molecule has 21 heavy (non-hydrogen) atoms. The van der Waals surface area contributed by atoms with Gasteiger partial charge in [0.1, 0.15) is 0 Å². The Hall–Kier alpha value is -1.11. The molecule has 1 aromatic rings. The molecule has 0 aliphatic heterocycles. The molecule has 0 aliphatic rings. The van der Waals surface area contributed by atoms with Crippen molar-refractivity contribution in [2.45, 2.75) is 44.6 Å². The maximum atomic E-state index is 12.1. The predicted octanol–water partition coefficient (Wildman–Crippen LogP) is 1.94. The molecular weight excluding hydrogens is 286 g/mol. The van der Waals surface area contributed by atoms with Crippen LogP contribution in [0.4, 0.5) is 5.69 Å². The van der Waals surface area contributed by atoms with Crippen LogP contribution in [0.2, 0.25) is 0 Å². The monoisotopic (exact) mass is 313 g/mol. The van der Waals surface area contributed by atoms with Crippen LogP contribution in [0.15, 0.2) is 29.2 Å². The first-order valence-corrected chi connectivity index (χ1v) is 8.96. The Balaban J connectivity index is 2.89. The topological polar surface area (TPSA) is 75.4 Å². The number of rotatable bonds is 9. The largest absolute Gasteiger partial charge is 0.370 e. The second-order valence-corrected chi connectivity index (χ2v) is 7.11. The first-order chi connectivity index (χ1) is 9.90. The van der Waals surface area contributed by atoms with Crippen molar-refractivity contribution in [2.24, 2.45) is 5.73 Å². The summed E-state index contributed by atoms with van der Waals surface area (Å²) in [7, 11) is -3.42. The maximum absolute atomic E-state index is 12.1. The molecule has 0 unspecified atom stereocenters. The highest BCUT2D eigenvalue weighted by Crippen LogP contribution is 2.18. The van der Waals surface area contributed by atoms with Gasteiger partial charge in [-0.15, -0.1) is 0 Å². The van der Waals surface area contributed by atoms with Gasteiger partial charge in [0.2, 0.25) is 10.0 Å². The van der Waals surface area contributed by atoms with Gasteiger partial charge < -0.3 is 10.6 Å². The van der Waals surface area contributed by atoms with Gasteiger partial charge in [-0.2, -0.15) is 0 Å². The molecule has 0 fully saturated rings. The first kappa shape index (κ1) is 17.9. The molecule has 1 aromatic carbocycles. The van der Waals surface area contributed by atoms with Gasteiger partial charge in [-0.1, -0.05) is 13.3 Å². The van der Waals surface area contributed by atoms with E-state index in [1.165, 1.54) is 0 Å². The summed E-state index contributed by atoms with van der Waals surface area (Å²) in [5.41, 5.74) is 6.66. The number of hydrogen-bond acceptors (Lipinski definition) is 4. The van der Waals surface area contributed by atoms with Crippen molar-refractivity contribution in [3.05, 3.63) is 24.3 Å². The quantitative estimate of drug-likeness (QED) is 0.730. The van der Waals surface area contributed by atoms with E-state index in [0.29, 0.717) is 11.4 Å². The van der Waals surface area contributed by atoms with Crippen LogP contribution in [0.1, 0.15) is 33.6 Å². The van der Waals surface area contributed by atoms with E-state index >= 15 is 0 Å². The van der Waals surface area contributed by atoms with Crippen LogP contribution in [0.25, 0.3) is 0 Å². The Morgan fingerprint density at radius 1 is 1.19 bits per heavy atom. The zero-order chi connectivity index (χ0) is 15.9. The summed E-state index contributed by atoms with van der Waals surface area (Å²) in [5, 5.41) is 0. The minimum atomic E-state index is -3.42. The Morgan fingerprint density at radius 2 is 1.81 bits per heavy atom. The Morgan fingerprint density at radius 3 is 2.29 bits per heavy atom. The number of nitrogens with two attached hydrogens (primary N) is 1. The lowest BCUT2D eigenvalue weighted by atomic mass is 10.2. The second kappa shape index (κ2) is 8.36. The highest BCUT2D eigenvalue weighted by Gasteiger charge is 2.15. The molecule has 0 saturated heterocycles. The molecule has 0 saturated carbocycles. The number of nitrogens with zero attached hydrogens (tertiary/aromatic N) is 1. The van der Waals surface area contributed by atoms with Crippen molar-refractivity contribution in [1.82, 2.24) is 4.72 Å². The van der Waals surface area contributed by atoms with E-state index in [4.69, 9.17) is 5.73 Å². The summed E-state index contributed by atoms with van der Waals surface area (Å²) in [6, 6.07) is 6.87. The Labute approximate surface area is 128 Å². The normalized spacial score (nSPS) is 11.9. The van der Waals surface area contributed by atoms with Crippen LogP contribution in [-0.2, 0) is 10.0 Å². The molecule has 0 aliphatic carbocycles. The van der Waals surface area contributed by atoms with Gasteiger partial charge in [0.05, 0.1) is 4.90 Å². The number of anilines is 1. The average molecular weight is 313 g/mol.